The van der Waals surface area contributed by atoms with Crippen LogP contribution < -0.4 is 0 Å². The summed E-state index contributed by atoms with van der Waals surface area (Å²) >= 11 is 0. The molecule has 27 heavy (non-hydrogen) atoms. The fourth-order valence-electron chi connectivity index (χ4n) is 2.87. The van der Waals surface area contributed by atoms with Gasteiger partial charge >= 0.3 is 0 Å². The lowest BCUT2D eigenvalue weighted by atomic mass is 10.0. The quantitative estimate of drug-likeness (QED) is 0.499. The number of Topliss-reactive ketones (excluding diaryl/α,β-unsaturated/α-hetero) is 1. The van der Waals surface area contributed by atoms with E-state index < -0.39 is 0 Å². The van der Waals surface area contributed by atoms with Crippen LogP contribution in [0.2, 0.25) is 0 Å². The number of pyridine rings is 1. The van der Waals surface area contributed by atoms with E-state index in [1.165, 1.54) is 6.07 Å². The van der Waals surface area contributed by atoms with Crippen LogP contribution in [0.1, 0.15) is 28.4 Å². The van der Waals surface area contributed by atoms with E-state index in [0.29, 0.717) is 17.8 Å². The number of aryl methyl sites for hydroxylation is 1. The number of aromatic nitrogens is 1. The van der Waals surface area contributed by atoms with Gasteiger partial charge in [-0.1, -0.05) is 43.0 Å². The molecule has 4 heteroatoms. The van der Waals surface area contributed by atoms with E-state index >= 15 is 0 Å². The molecule has 0 atom stereocenters. The molecule has 0 spiro atoms. The fourth-order valence-corrected chi connectivity index (χ4v) is 2.87. The van der Waals surface area contributed by atoms with Gasteiger partial charge in [-0.3, -0.25) is 9.78 Å². The normalized spacial score (nSPS) is 11.0. The standard InChI is InChI=1S/C23H22N2O2/c1-4-11-25(15-18-12-19-7-5-6-8-21(19)24-14-18)17(3)23(27)20-10-9-16(2)22(26)13-20/h4-14,26H,3,15H2,1-2H3/b11-4-. The maximum atomic E-state index is 12.8. The zero-order chi connectivity index (χ0) is 19.4. The predicted octanol–water partition coefficient (Wildman–Crippen LogP) is 4.98. The first-order valence-corrected chi connectivity index (χ1v) is 8.76. The smallest absolute Gasteiger partial charge is 0.208 e. The van der Waals surface area contributed by atoms with Crippen LogP contribution in [0.5, 0.6) is 5.75 Å². The Kier molecular flexibility index (Phi) is 5.36. The van der Waals surface area contributed by atoms with Crippen LogP contribution in [0.25, 0.3) is 10.9 Å². The molecule has 0 aliphatic rings. The van der Waals surface area contributed by atoms with Gasteiger partial charge in [0.1, 0.15) is 5.75 Å². The summed E-state index contributed by atoms with van der Waals surface area (Å²) < 4.78 is 0. The Labute approximate surface area is 159 Å². The fraction of sp³-hybridized carbons (Fsp3) is 0.130. The molecular weight excluding hydrogens is 336 g/mol. The number of carbonyl (C=O) groups excluding carboxylic acids is 1. The molecule has 1 aromatic heterocycles. The molecule has 0 saturated carbocycles. The summed E-state index contributed by atoms with van der Waals surface area (Å²) in [5, 5.41) is 10.9. The Morgan fingerprint density at radius 2 is 2.00 bits per heavy atom. The van der Waals surface area contributed by atoms with Gasteiger partial charge in [0.25, 0.3) is 0 Å². The van der Waals surface area contributed by atoms with Crippen LogP contribution in [0.3, 0.4) is 0 Å². The molecule has 2 aromatic carbocycles. The predicted molar refractivity (Wildman–Crippen MR) is 108 cm³/mol. The van der Waals surface area contributed by atoms with Crippen LogP contribution in [0.15, 0.2) is 79.3 Å². The summed E-state index contributed by atoms with van der Waals surface area (Å²) in [4.78, 5) is 19.1. The number of benzene rings is 2. The number of ketones is 1. The Hall–Kier alpha value is -3.40. The average molecular weight is 358 g/mol. The molecule has 4 nitrogen and oxygen atoms in total. The van der Waals surface area contributed by atoms with Crippen molar-refractivity contribution in [1.29, 1.82) is 0 Å². The third-order valence-electron chi connectivity index (χ3n) is 4.41. The molecule has 0 aliphatic heterocycles. The molecule has 3 rings (SSSR count). The number of hydrogen-bond acceptors (Lipinski definition) is 4. The number of aromatic hydroxyl groups is 1. The summed E-state index contributed by atoms with van der Waals surface area (Å²) in [6.45, 7) is 8.14. The summed E-state index contributed by atoms with van der Waals surface area (Å²) in [5.41, 5.74) is 3.39. The lowest BCUT2D eigenvalue weighted by molar-refractivity contribution is 0.100. The van der Waals surface area contributed by atoms with Crippen LogP contribution >= 0.6 is 0 Å². The largest absolute Gasteiger partial charge is 0.508 e. The van der Waals surface area contributed by atoms with Gasteiger partial charge in [0, 0.05) is 29.9 Å². The first-order valence-electron chi connectivity index (χ1n) is 8.76. The van der Waals surface area contributed by atoms with Gasteiger partial charge in [0.2, 0.25) is 5.78 Å². The number of nitrogens with zero attached hydrogens (tertiary/aromatic N) is 2. The number of carbonyl (C=O) groups is 1. The third-order valence-corrected chi connectivity index (χ3v) is 4.41. The second-order valence-corrected chi connectivity index (χ2v) is 6.42. The van der Waals surface area contributed by atoms with E-state index in [4.69, 9.17) is 0 Å². The number of hydrogen-bond donors (Lipinski definition) is 1. The van der Waals surface area contributed by atoms with Gasteiger partial charge in [-0.25, -0.2) is 0 Å². The van der Waals surface area contributed by atoms with E-state index in [-0.39, 0.29) is 11.5 Å². The maximum absolute atomic E-state index is 12.8. The number of allylic oxidation sites excluding steroid dienone is 2. The van der Waals surface area contributed by atoms with Crippen molar-refractivity contribution >= 4 is 16.7 Å². The second kappa shape index (κ2) is 7.87. The van der Waals surface area contributed by atoms with Crippen molar-refractivity contribution in [3.8, 4) is 5.75 Å². The molecule has 0 amide bonds. The van der Waals surface area contributed by atoms with Crippen LogP contribution in [-0.4, -0.2) is 20.8 Å². The second-order valence-electron chi connectivity index (χ2n) is 6.42. The van der Waals surface area contributed by atoms with E-state index in [1.54, 1.807) is 24.0 Å². The van der Waals surface area contributed by atoms with Crippen LogP contribution in [0.4, 0.5) is 0 Å². The van der Waals surface area contributed by atoms with Crippen molar-refractivity contribution in [2.75, 3.05) is 0 Å². The molecule has 1 heterocycles. The summed E-state index contributed by atoms with van der Waals surface area (Å²) in [6.07, 6.45) is 5.50. The number of para-hydroxylation sites is 1. The van der Waals surface area contributed by atoms with Gasteiger partial charge in [0.15, 0.2) is 0 Å². The van der Waals surface area contributed by atoms with Crippen LogP contribution in [-0.2, 0) is 6.54 Å². The van der Waals surface area contributed by atoms with Crippen molar-refractivity contribution in [1.82, 2.24) is 9.88 Å². The minimum absolute atomic E-state index is 0.102. The molecule has 0 fully saturated rings. The lowest BCUT2D eigenvalue weighted by Crippen LogP contribution is -2.22. The number of phenols is 1. The highest BCUT2D eigenvalue weighted by molar-refractivity contribution is 6.08. The topological polar surface area (TPSA) is 53.4 Å². The first-order chi connectivity index (χ1) is 13.0. The minimum Gasteiger partial charge on any atom is -0.508 e. The average Bonchev–Trinajstić information content (AvgIpc) is 2.68. The molecular formula is C23H22N2O2. The Balaban J connectivity index is 1.85. The third kappa shape index (κ3) is 4.06. The van der Waals surface area contributed by atoms with Gasteiger partial charge in [-0.2, -0.15) is 0 Å². The monoisotopic (exact) mass is 358 g/mol. The summed E-state index contributed by atoms with van der Waals surface area (Å²) in [6, 6.07) is 14.9. The Bertz CT molecular complexity index is 1040. The highest BCUT2D eigenvalue weighted by Crippen LogP contribution is 2.22. The van der Waals surface area contributed by atoms with E-state index in [9.17, 15) is 9.90 Å². The minimum atomic E-state index is -0.225. The molecule has 0 aliphatic carbocycles. The number of fused-ring (bicyclic) bond motifs is 1. The van der Waals surface area contributed by atoms with E-state index in [0.717, 1.165) is 22.0 Å². The Morgan fingerprint density at radius 3 is 2.74 bits per heavy atom. The number of rotatable bonds is 6. The van der Waals surface area contributed by atoms with Crippen molar-refractivity contribution in [2.24, 2.45) is 0 Å². The first kappa shape index (κ1) is 18.4. The SMILES string of the molecule is C=C(C(=O)c1ccc(C)c(O)c1)N(/C=C\C)Cc1cnc2ccccc2c1. The van der Waals surface area contributed by atoms with Gasteiger partial charge in [0.05, 0.1) is 11.2 Å². The number of phenolic OH excluding ortho intramolecular Hbond substituents is 1. The lowest BCUT2D eigenvalue weighted by Gasteiger charge is -2.22. The highest BCUT2D eigenvalue weighted by atomic mass is 16.3. The highest BCUT2D eigenvalue weighted by Gasteiger charge is 2.17. The summed E-state index contributed by atoms with van der Waals surface area (Å²) in [5.74, 6) is -0.123. The Morgan fingerprint density at radius 1 is 1.22 bits per heavy atom. The molecule has 136 valence electrons. The molecule has 0 saturated heterocycles. The van der Waals surface area contributed by atoms with Crippen molar-refractivity contribution in [3.63, 3.8) is 0 Å². The molecule has 1 N–H and O–H groups in total. The van der Waals surface area contributed by atoms with Crippen molar-refractivity contribution < 1.29 is 9.90 Å². The molecule has 0 bridgehead atoms. The van der Waals surface area contributed by atoms with Crippen molar-refractivity contribution in [3.05, 3.63) is 96.0 Å². The summed E-state index contributed by atoms with van der Waals surface area (Å²) in [7, 11) is 0. The van der Waals surface area contributed by atoms with Gasteiger partial charge in [-0.05, 0) is 43.2 Å². The van der Waals surface area contributed by atoms with Gasteiger partial charge < -0.3 is 10.0 Å². The molecule has 3 aromatic rings. The zero-order valence-electron chi connectivity index (χ0n) is 15.5. The van der Waals surface area contributed by atoms with E-state index in [2.05, 4.69) is 17.6 Å². The van der Waals surface area contributed by atoms with Gasteiger partial charge in [-0.15, -0.1) is 0 Å². The molecule has 0 unspecified atom stereocenters. The van der Waals surface area contributed by atoms with Crippen LogP contribution in [0, 0.1) is 6.92 Å². The maximum Gasteiger partial charge on any atom is 0.208 e. The van der Waals surface area contributed by atoms with E-state index in [1.807, 2.05) is 49.7 Å². The zero-order valence-corrected chi connectivity index (χ0v) is 15.5. The van der Waals surface area contributed by atoms with Crippen molar-refractivity contribution in [2.45, 2.75) is 20.4 Å². The molecule has 0 radical (unpaired) electrons.